The van der Waals surface area contributed by atoms with Crippen molar-refractivity contribution in [3.8, 4) is 22.8 Å². The van der Waals surface area contributed by atoms with Gasteiger partial charge in [0.15, 0.2) is 11.0 Å². The number of benzene rings is 4. The Kier molecular flexibility index (Phi) is 7.49. The number of halogens is 1. The zero-order chi connectivity index (χ0) is 25.6. The quantitative estimate of drug-likeness (QED) is 0.152. The Balaban J connectivity index is 1.33. The Bertz CT molecular complexity index is 1560. The highest BCUT2D eigenvalue weighted by molar-refractivity contribution is 7.99. The minimum Gasteiger partial charge on any atom is -0.497 e. The lowest BCUT2D eigenvalue weighted by atomic mass is 10.1. The van der Waals surface area contributed by atoms with Crippen molar-refractivity contribution < 1.29 is 9.53 Å². The summed E-state index contributed by atoms with van der Waals surface area (Å²) in [6.45, 7) is 0. The summed E-state index contributed by atoms with van der Waals surface area (Å²) in [7, 11) is 1.62. The van der Waals surface area contributed by atoms with E-state index in [9.17, 15) is 4.79 Å². The van der Waals surface area contributed by atoms with Crippen LogP contribution in [-0.2, 0) is 4.79 Å². The summed E-state index contributed by atoms with van der Waals surface area (Å²) in [6, 6.07) is 28.9. The number of nitrogens with one attached hydrogen (secondary N) is 1. The summed E-state index contributed by atoms with van der Waals surface area (Å²) in [6.07, 6.45) is 1.66. The van der Waals surface area contributed by atoms with Crippen LogP contribution < -0.4 is 10.2 Å². The third-order valence-electron chi connectivity index (χ3n) is 5.62. The highest BCUT2D eigenvalue weighted by Crippen LogP contribution is 2.29. The van der Waals surface area contributed by atoms with Crippen molar-refractivity contribution in [2.75, 3.05) is 12.9 Å². The molecule has 0 saturated carbocycles. The molecule has 7 nitrogen and oxygen atoms in total. The van der Waals surface area contributed by atoms with Gasteiger partial charge >= 0.3 is 0 Å². The summed E-state index contributed by atoms with van der Waals surface area (Å²) < 4.78 is 7.17. The van der Waals surface area contributed by atoms with E-state index in [1.165, 1.54) is 11.8 Å². The number of nitrogens with zero attached hydrogens (tertiary/aromatic N) is 4. The van der Waals surface area contributed by atoms with Gasteiger partial charge in [0, 0.05) is 21.8 Å². The lowest BCUT2D eigenvalue weighted by molar-refractivity contribution is -0.118. The van der Waals surface area contributed by atoms with Crippen LogP contribution >= 0.6 is 23.4 Å². The Morgan fingerprint density at radius 1 is 1.00 bits per heavy atom. The third-order valence-corrected chi connectivity index (χ3v) is 6.80. The van der Waals surface area contributed by atoms with E-state index in [0.29, 0.717) is 16.0 Å². The molecule has 5 rings (SSSR count). The van der Waals surface area contributed by atoms with Crippen LogP contribution in [0.25, 0.3) is 27.8 Å². The second kappa shape index (κ2) is 11.3. The Hall–Kier alpha value is -4.14. The first kappa shape index (κ1) is 24.5. The second-order valence-electron chi connectivity index (χ2n) is 8.00. The molecule has 1 N–H and O–H groups in total. The fourth-order valence-electron chi connectivity index (χ4n) is 3.81. The van der Waals surface area contributed by atoms with Gasteiger partial charge in [-0.2, -0.15) is 5.10 Å². The molecule has 1 heterocycles. The number of rotatable bonds is 8. The molecule has 0 saturated heterocycles. The molecule has 0 radical (unpaired) electrons. The maximum Gasteiger partial charge on any atom is 0.250 e. The van der Waals surface area contributed by atoms with Crippen molar-refractivity contribution in [2.45, 2.75) is 5.16 Å². The number of hydrogen-bond acceptors (Lipinski definition) is 6. The van der Waals surface area contributed by atoms with E-state index in [1.807, 2.05) is 83.4 Å². The Labute approximate surface area is 223 Å². The van der Waals surface area contributed by atoms with Gasteiger partial charge in [-0.3, -0.25) is 9.36 Å². The molecule has 4 aromatic carbocycles. The lowest BCUT2D eigenvalue weighted by Crippen LogP contribution is -2.20. The molecule has 0 aliphatic carbocycles. The number of hydrazone groups is 1. The van der Waals surface area contributed by atoms with Gasteiger partial charge in [0.05, 0.1) is 19.1 Å². The van der Waals surface area contributed by atoms with Gasteiger partial charge in [-0.05, 0) is 59.3 Å². The number of fused-ring (bicyclic) bond motifs is 1. The predicted octanol–water partition coefficient (Wildman–Crippen LogP) is 5.99. The monoisotopic (exact) mass is 527 g/mol. The molecule has 0 bridgehead atoms. The van der Waals surface area contributed by atoms with Gasteiger partial charge < -0.3 is 4.74 Å². The van der Waals surface area contributed by atoms with E-state index >= 15 is 0 Å². The first-order valence-corrected chi connectivity index (χ1v) is 12.8. The maximum atomic E-state index is 12.6. The SMILES string of the molecule is COc1ccc(-c2nnc(SCC(=O)N/N=C/c3cccc4ccccc34)n2-c2ccc(Cl)cc2)cc1. The van der Waals surface area contributed by atoms with Crippen LogP contribution in [0.2, 0.25) is 5.02 Å². The zero-order valence-electron chi connectivity index (χ0n) is 19.8. The standard InChI is InChI=1S/C28H22ClN5O2S/c1-36-24-15-9-20(10-16-24)27-32-33-28(34(27)23-13-11-22(29)12-14-23)37-18-26(35)31-30-17-21-7-4-6-19-5-2-3-8-25(19)21/h2-17H,18H2,1H3,(H,31,35)/b30-17+. The number of carbonyl (C=O) groups is 1. The largest absolute Gasteiger partial charge is 0.497 e. The molecule has 0 fully saturated rings. The maximum absolute atomic E-state index is 12.6. The van der Waals surface area contributed by atoms with E-state index in [-0.39, 0.29) is 11.7 Å². The minimum absolute atomic E-state index is 0.112. The highest BCUT2D eigenvalue weighted by Gasteiger charge is 2.17. The number of aromatic nitrogens is 3. The predicted molar refractivity (Wildman–Crippen MR) is 149 cm³/mol. The molecule has 1 aromatic heterocycles. The summed E-state index contributed by atoms with van der Waals surface area (Å²) in [4.78, 5) is 12.6. The first-order chi connectivity index (χ1) is 18.1. The lowest BCUT2D eigenvalue weighted by Gasteiger charge is -2.11. The van der Waals surface area contributed by atoms with Crippen molar-refractivity contribution in [3.05, 3.63) is 102 Å². The van der Waals surface area contributed by atoms with Crippen molar-refractivity contribution in [1.29, 1.82) is 0 Å². The molecule has 0 spiro atoms. The van der Waals surface area contributed by atoms with Crippen molar-refractivity contribution in [1.82, 2.24) is 20.2 Å². The molecule has 184 valence electrons. The van der Waals surface area contributed by atoms with Crippen molar-refractivity contribution in [2.24, 2.45) is 5.10 Å². The van der Waals surface area contributed by atoms with Gasteiger partial charge in [-0.25, -0.2) is 5.43 Å². The van der Waals surface area contributed by atoms with Crippen LogP contribution in [0.5, 0.6) is 5.75 Å². The number of hydrogen-bond donors (Lipinski definition) is 1. The summed E-state index contributed by atoms with van der Waals surface area (Å²) in [5.74, 6) is 1.25. The van der Waals surface area contributed by atoms with Crippen LogP contribution in [0.1, 0.15) is 5.56 Å². The van der Waals surface area contributed by atoms with Crippen LogP contribution in [-0.4, -0.2) is 39.7 Å². The van der Waals surface area contributed by atoms with Crippen molar-refractivity contribution in [3.63, 3.8) is 0 Å². The average molecular weight is 528 g/mol. The van der Waals surface area contributed by atoms with E-state index < -0.39 is 0 Å². The van der Waals surface area contributed by atoms with Crippen LogP contribution in [0, 0.1) is 0 Å². The smallest absolute Gasteiger partial charge is 0.250 e. The van der Waals surface area contributed by atoms with Gasteiger partial charge in [-0.15, -0.1) is 10.2 Å². The first-order valence-electron chi connectivity index (χ1n) is 11.4. The second-order valence-corrected chi connectivity index (χ2v) is 9.38. The van der Waals surface area contributed by atoms with E-state index in [0.717, 1.165) is 33.3 Å². The highest BCUT2D eigenvalue weighted by atomic mass is 35.5. The molecule has 0 aliphatic rings. The van der Waals surface area contributed by atoms with Crippen LogP contribution in [0.4, 0.5) is 0 Å². The number of amides is 1. The molecular formula is C28H22ClN5O2S. The normalized spacial score (nSPS) is 11.2. The molecular weight excluding hydrogens is 506 g/mol. The number of thioether (sulfide) groups is 1. The molecule has 0 atom stereocenters. The molecule has 9 heteroatoms. The Morgan fingerprint density at radius 3 is 2.54 bits per heavy atom. The van der Waals surface area contributed by atoms with E-state index in [4.69, 9.17) is 16.3 Å². The van der Waals surface area contributed by atoms with Gasteiger partial charge in [0.25, 0.3) is 5.91 Å². The Morgan fingerprint density at radius 2 is 1.76 bits per heavy atom. The molecule has 0 aliphatic heterocycles. The summed E-state index contributed by atoms with van der Waals surface area (Å²) in [5.41, 5.74) is 5.22. The number of carbonyl (C=O) groups excluding carboxylic acids is 1. The molecule has 1 amide bonds. The van der Waals surface area contributed by atoms with E-state index in [1.54, 1.807) is 25.5 Å². The molecule has 0 unspecified atom stereocenters. The molecule has 37 heavy (non-hydrogen) atoms. The van der Waals surface area contributed by atoms with Gasteiger partial charge in [0.2, 0.25) is 0 Å². The van der Waals surface area contributed by atoms with Crippen molar-refractivity contribution >= 4 is 46.3 Å². The average Bonchev–Trinajstić information content (AvgIpc) is 3.36. The van der Waals surface area contributed by atoms with Gasteiger partial charge in [-0.1, -0.05) is 65.8 Å². The third kappa shape index (κ3) is 5.66. The van der Waals surface area contributed by atoms with Crippen LogP contribution in [0.3, 0.4) is 0 Å². The topological polar surface area (TPSA) is 81.4 Å². The van der Waals surface area contributed by atoms with Gasteiger partial charge in [0.1, 0.15) is 5.75 Å². The fraction of sp³-hybridized carbons (Fsp3) is 0.0714. The van der Waals surface area contributed by atoms with E-state index in [2.05, 4.69) is 20.7 Å². The number of ether oxygens (including phenoxy) is 1. The summed E-state index contributed by atoms with van der Waals surface area (Å²) in [5, 5.41) is 16.3. The zero-order valence-corrected chi connectivity index (χ0v) is 21.4. The molecule has 5 aromatic rings. The fourth-order valence-corrected chi connectivity index (χ4v) is 4.68. The summed E-state index contributed by atoms with van der Waals surface area (Å²) >= 11 is 7.38. The van der Waals surface area contributed by atoms with Crippen LogP contribution in [0.15, 0.2) is 101 Å². The number of methoxy groups -OCH3 is 1. The minimum atomic E-state index is -0.252.